The Labute approximate surface area is 427 Å². The van der Waals surface area contributed by atoms with E-state index in [-0.39, 0.29) is 47.5 Å². The first kappa shape index (κ1) is 59.6. The van der Waals surface area contributed by atoms with Gasteiger partial charge in [0.2, 0.25) is 0 Å². The van der Waals surface area contributed by atoms with E-state index in [1.54, 1.807) is 12.1 Å². The fraction of sp³-hybridized carbons (Fsp3) is 0.643. The van der Waals surface area contributed by atoms with Crippen LogP contribution in [-0.4, -0.2) is 63.7 Å². The molecule has 360 valence electrons. The standard InChI is InChI=1S/2C28H44O3S.Ca/c2*1-3-5-7-9-11-13-15-17-24-21-25(18-16-14-12-10-8-6-4-2)28-23-27(32(29,30)31)20-19-26(28)22-24;/h2*19-23H,3-18H2,1-2H3,(H,29,30,31);/q;;+2/p-2. The summed E-state index contributed by atoms with van der Waals surface area (Å²) in [5.74, 6) is 0. The molecule has 0 aliphatic carbocycles. The van der Waals surface area contributed by atoms with Crippen LogP contribution in [0.5, 0.6) is 0 Å². The number of benzene rings is 4. The third kappa shape index (κ3) is 24.6. The van der Waals surface area contributed by atoms with Gasteiger partial charge in [0.05, 0.1) is 9.79 Å². The average molecular weight is 960 g/mol. The molecule has 6 nitrogen and oxygen atoms in total. The fourth-order valence-electron chi connectivity index (χ4n) is 9.10. The monoisotopic (exact) mass is 959 g/mol. The van der Waals surface area contributed by atoms with Crippen LogP contribution >= 0.6 is 0 Å². The molecule has 0 N–H and O–H groups in total. The molecule has 0 bridgehead atoms. The SMILES string of the molecule is CCCCCCCCCc1cc(CCCCCCCCC)c2cc(S(=O)(=O)[O-])ccc2c1.CCCCCCCCCc1cc(CCCCCCCCC)c2cc(S(=O)(=O)[O-])ccc2c1.[Ca+2]. The van der Waals surface area contributed by atoms with E-state index in [9.17, 15) is 25.9 Å². The van der Waals surface area contributed by atoms with E-state index < -0.39 is 20.2 Å². The predicted octanol–water partition coefficient (Wildman–Crippen LogP) is 16.3. The summed E-state index contributed by atoms with van der Waals surface area (Å²) in [6.45, 7) is 8.97. The van der Waals surface area contributed by atoms with Gasteiger partial charge in [0.25, 0.3) is 0 Å². The molecule has 65 heavy (non-hydrogen) atoms. The van der Waals surface area contributed by atoms with Crippen molar-refractivity contribution >= 4 is 79.5 Å². The molecular weight excluding hydrogens is 873 g/mol. The van der Waals surface area contributed by atoms with Crippen molar-refractivity contribution in [3.8, 4) is 0 Å². The van der Waals surface area contributed by atoms with Gasteiger partial charge in [0, 0.05) is 0 Å². The Bertz CT molecular complexity index is 1960. The van der Waals surface area contributed by atoms with E-state index >= 15 is 0 Å². The van der Waals surface area contributed by atoms with E-state index in [0.717, 1.165) is 60.1 Å². The molecule has 0 aliphatic heterocycles. The van der Waals surface area contributed by atoms with Crippen molar-refractivity contribution in [1.29, 1.82) is 0 Å². The summed E-state index contributed by atoms with van der Waals surface area (Å²) in [5, 5.41) is 3.96. The number of rotatable bonds is 34. The van der Waals surface area contributed by atoms with Crippen LogP contribution in [0.25, 0.3) is 21.5 Å². The quantitative estimate of drug-likeness (QED) is 0.0262. The van der Waals surface area contributed by atoms with Crippen LogP contribution in [0.1, 0.15) is 230 Å². The zero-order valence-electron chi connectivity index (χ0n) is 41.4. The van der Waals surface area contributed by atoms with Gasteiger partial charge in [-0.05, 0) is 119 Å². The second-order valence-electron chi connectivity index (χ2n) is 18.7. The molecular formula is C56H86CaO6S2. The molecule has 0 saturated heterocycles. The predicted molar refractivity (Wildman–Crippen MR) is 276 cm³/mol. The molecule has 0 aromatic heterocycles. The third-order valence-corrected chi connectivity index (χ3v) is 14.6. The van der Waals surface area contributed by atoms with Crippen molar-refractivity contribution < 1.29 is 25.9 Å². The molecule has 4 rings (SSSR count). The molecule has 0 radical (unpaired) electrons. The van der Waals surface area contributed by atoms with Crippen LogP contribution in [0.3, 0.4) is 0 Å². The summed E-state index contributed by atoms with van der Waals surface area (Å²) in [7, 11) is -8.87. The van der Waals surface area contributed by atoms with Gasteiger partial charge in [-0.3, -0.25) is 0 Å². The first-order valence-electron chi connectivity index (χ1n) is 25.9. The second-order valence-corrected chi connectivity index (χ2v) is 21.4. The van der Waals surface area contributed by atoms with Crippen molar-refractivity contribution in [3.05, 3.63) is 82.9 Å². The topological polar surface area (TPSA) is 114 Å². The van der Waals surface area contributed by atoms with Crippen LogP contribution in [0, 0.1) is 0 Å². The summed E-state index contributed by atoms with van der Waals surface area (Å²) >= 11 is 0. The smallest absolute Gasteiger partial charge is 0.744 e. The van der Waals surface area contributed by atoms with E-state index in [0.29, 0.717) is 0 Å². The molecule has 0 fully saturated rings. The van der Waals surface area contributed by atoms with Crippen molar-refractivity contribution in [3.63, 3.8) is 0 Å². The molecule has 4 aromatic carbocycles. The minimum atomic E-state index is -4.44. The third-order valence-electron chi connectivity index (χ3n) is 13.0. The van der Waals surface area contributed by atoms with Crippen molar-refractivity contribution in [2.75, 3.05) is 0 Å². The van der Waals surface area contributed by atoms with Gasteiger partial charge in [-0.1, -0.05) is 218 Å². The Morgan fingerprint density at radius 2 is 0.600 bits per heavy atom. The van der Waals surface area contributed by atoms with E-state index in [4.69, 9.17) is 0 Å². The molecule has 0 heterocycles. The Morgan fingerprint density at radius 3 is 0.877 bits per heavy atom. The normalized spacial score (nSPS) is 11.8. The van der Waals surface area contributed by atoms with Crippen molar-refractivity contribution in [1.82, 2.24) is 0 Å². The number of hydrogen-bond acceptors (Lipinski definition) is 6. The van der Waals surface area contributed by atoms with Gasteiger partial charge in [0.1, 0.15) is 20.2 Å². The number of hydrogen-bond donors (Lipinski definition) is 0. The minimum Gasteiger partial charge on any atom is -0.744 e. The van der Waals surface area contributed by atoms with Gasteiger partial charge in [-0.15, -0.1) is 0 Å². The van der Waals surface area contributed by atoms with Crippen LogP contribution in [-0.2, 0) is 45.9 Å². The van der Waals surface area contributed by atoms with Gasteiger partial charge in [-0.25, -0.2) is 16.8 Å². The van der Waals surface area contributed by atoms with Crippen LogP contribution in [0.15, 0.2) is 70.5 Å². The zero-order chi connectivity index (χ0) is 46.5. The molecule has 4 aromatic rings. The molecule has 0 aliphatic rings. The van der Waals surface area contributed by atoms with E-state index in [1.165, 1.54) is 201 Å². The number of aryl methyl sites for hydroxylation is 4. The summed E-state index contributed by atoms with van der Waals surface area (Å²) < 4.78 is 69.3. The Morgan fingerprint density at radius 1 is 0.338 bits per heavy atom. The maximum Gasteiger partial charge on any atom is 2.00 e. The van der Waals surface area contributed by atoms with Crippen LogP contribution < -0.4 is 0 Å². The van der Waals surface area contributed by atoms with Gasteiger partial charge in [-0.2, -0.15) is 0 Å². The second kappa shape index (κ2) is 34.7. The number of unbranched alkanes of at least 4 members (excludes halogenated alkanes) is 24. The van der Waals surface area contributed by atoms with E-state index in [2.05, 4.69) is 52.0 Å². The Kier molecular flexibility index (Phi) is 31.8. The van der Waals surface area contributed by atoms with Gasteiger partial charge in [0.15, 0.2) is 0 Å². The number of fused-ring (bicyclic) bond motifs is 2. The first-order chi connectivity index (χ1) is 30.9. The zero-order valence-corrected chi connectivity index (χ0v) is 45.2. The molecule has 0 spiro atoms. The Balaban J connectivity index is 0.000000440. The van der Waals surface area contributed by atoms with Crippen LogP contribution in [0.4, 0.5) is 0 Å². The molecule has 0 unspecified atom stereocenters. The van der Waals surface area contributed by atoms with Crippen LogP contribution in [0.2, 0.25) is 0 Å². The molecule has 0 atom stereocenters. The largest absolute Gasteiger partial charge is 2.00 e. The molecule has 0 saturated carbocycles. The first-order valence-corrected chi connectivity index (χ1v) is 28.8. The summed E-state index contributed by atoms with van der Waals surface area (Å²) in [6.07, 6.45) is 39.7. The molecule has 9 heteroatoms. The van der Waals surface area contributed by atoms with E-state index in [1.807, 2.05) is 12.1 Å². The summed E-state index contributed by atoms with van der Waals surface area (Å²) in [6, 6.07) is 18.6. The minimum absolute atomic E-state index is 0. The average Bonchev–Trinajstić information content (AvgIpc) is 3.27. The maximum absolute atomic E-state index is 11.6. The summed E-state index contributed by atoms with van der Waals surface area (Å²) in [5.41, 5.74) is 5.06. The van der Waals surface area contributed by atoms with Gasteiger partial charge >= 0.3 is 37.7 Å². The summed E-state index contributed by atoms with van der Waals surface area (Å²) in [4.78, 5) is -0.240. The fourth-order valence-corrected chi connectivity index (χ4v) is 10.1. The van der Waals surface area contributed by atoms with Gasteiger partial charge < -0.3 is 9.11 Å². The van der Waals surface area contributed by atoms with Crippen molar-refractivity contribution in [2.24, 2.45) is 0 Å². The maximum atomic E-state index is 11.6. The molecule has 0 amide bonds. The van der Waals surface area contributed by atoms with Crippen molar-refractivity contribution in [2.45, 2.75) is 243 Å². The Hall–Kier alpha value is -1.52.